The van der Waals surface area contributed by atoms with Crippen LogP contribution in [0.15, 0.2) is 52.8 Å². The summed E-state index contributed by atoms with van der Waals surface area (Å²) in [6, 6.07) is 14.6. The SMILES string of the molecule is CCNC(=NCc1cccs1)N1CCC(COCc2ccccc2)C1. The van der Waals surface area contributed by atoms with Crippen LogP contribution in [0.3, 0.4) is 0 Å². The van der Waals surface area contributed by atoms with Gasteiger partial charge in [-0.25, -0.2) is 4.99 Å². The van der Waals surface area contributed by atoms with Gasteiger partial charge in [0.25, 0.3) is 0 Å². The second-order valence-electron chi connectivity index (χ2n) is 6.35. The summed E-state index contributed by atoms with van der Waals surface area (Å²) in [4.78, 5) is 8.47. The summed E-state index contributed by atoms with van der Waals surface area (Å²) in [5, 5.41) is 5.53. The fourth-order valence-electron chi connectivity index (χ4n) is 3.06. The highest BCUT2D eigenvalue weighted by Crippen LogP contribution is 2.18. The lowest BCUT2D eigenvalue weighted by atomic mass is 10.1. The lowest BCUT2D eigenvalue weighted by Crippen LogP contribution is -2.40. The number of hydrogen-bond acceptors (Lipinski definition) is 3. The Morgan fingerprint density at radius 3 is 2.92 bits per heavy atom. The number of aliphatic imine (C=N–C) groups is 1. The first-order valence-electron chi connectivity index (χ1n) is 9.02. The van der Waals surface area contributed by atoms with Gasteiger partial charge >= 0.3 is 0 Å². The van der Waals surface area contributed by atoms with Crippen molar-refractivity contribution in [1.82, 2.24) is 10.2 Å². The van der Waals surface area contributed by atoms with Crippen LogP contribution in [-0.2, 0) is 17.9 Å². The van der Waals surface area contributed by atoms with E-state index in [1.807, 2.05) is 6.07 Å². The second-order valence-corrected chi connectivity index (χ2v) is 7.38. The molecule has 134 valence electrons. The smallest absolute Gasteiger partial charge is 0.194 e. The quantitative estimate of drug-likeness (QED) is 0.606. The molecule has 0 radical (unpaired) electrons. The Bertz CT molecular complexity index is 642. The minimum absolute atomic E-state index is 0.578. The van der Waals surface area contributed by atoms with Crippen LogP contribution in [0, 0.1) is 5.92 Å². The molecule has 1 saturated heterocycles. The van der Waals surface area contributed by atoms with Crippen LogP contribution in [0.1, 0.15) is 23.8 Å². The van der Waals surface area contributed by atoms with Crippen molar-refractivity contribution in [2.75, 3.05) is 26.2 Å². The Morgan fingerprint density at radius 2 is 2.16 bits per heavy atom. The van der Waals surface area contributed by atoms with Gasteiger partial charge in [0, 0.05) is 30.4 Å². The summed E-state index contributed by atoms with van der Waals surface area (Å²) in [6.07, 6.45) is 1.16. The zero-order valence-corrected chi connectivity index (χ0v) is 15.7. The molecule has 1 aromatic carbocycles. The van der Waals surface area contributed by atoms with Gasteiger partial charge in [-0.05, 0) is 30.4 Å². The summed E-state index contributed by atoms with van der Waals surface area (Å²) in [5.41, 5.74) is 1.24. The van der Waals surface area contributed by atoms with Crippen LogP contribution in [0.4, 0.5) is 0 Å². The van der Waals surface area contributed by atoms with Crippen molar-refractivity contribution in [2.24, 2.45) is 10.9 Å². The Morgan fingerprint density at radius 1 is 1.28 bits per heavy atom. The van der Waals surface area contributed by atoms with E-state index >= 15 is 0 Å². The molecular formula is C20H27N3OS. The number of guanidine groups is 1. The lowest BCUT2D eigenvalue weighted by molar-refractivity contribution is 0.0906. The highest BCUT2D eigenvalue weighted by Gasteiger charge is 2.25. The van der Waals surface area contributed by atoms with Gasteiger partial charge in [0.05, 0.1) is 19.8 Å². The maximum absolute atomic E-state index is 5.93. The standard InChI is InChI=1S/C20H27N3OS/c1-2-21-20(22-13-19-9-6-12-25-19)23-11-10-18(14-23)16-24-15-17-7-4-3-5-8-17/h3-9,12,18H,2,10-11,13-16H2,1H3,(H,21,22). The first-order chi connectivity index (χ1) is 12.3. The van der Waals surface area contributed by atoms with Crippen LogP contribution in [-0.4, -0.2) is 37.1 Å². The number of thiophene rings is 1. The van der Waals surface area contributed by atoms with Crippen molar-refractivity contribution in [1.29, 1.82) is 0 Å². The summed E-state index contributed by atoms with van der Waals surface area (Å²) < 4.78 is 5.93. The maximum Gasteiger partial charge on any atom is 0.194 e. The third-order valence-electron chi connectivity index (χ3n) is 4.35. The first-order valence-corrected chi connectivity index (χ1v) is 9.90. The van der Waals surface area contributed by atoms with E-state index in [9.17, 15) is 0 Å². The van der Waals surface area contributed by atoms with Gasteiger partial charge in [0.15, 0.2) is 5.96 Å². The van der Waals surface area contributed by atoms with Gasteiger partial charge in [0.1, 0.15) is 0 Å². The Kier molecular flexibility index (Phi) is 6.89. The first kappa shape index (κ1) is 18.0. The fraction of sp³-hybridized carbons (Fsp3) is 0.450. The molecule has 1 fully saturated rings. The van der Waals surface area contributed by atoms with Gasteiger partial charge < -0.3 is 15.0 Å². The average Bonchev–Trinajstić information content (AvgIpc) is 3.32. The largest absolute Gasteiger partial charge is 0.376 e. The second kappa shape index (κ2) is 9.59. The molecule has 1 aliphatic rings. The molecular weight excluding hydrogens is 330 g/mol. The van der Waals surface area contributed by atoms with Crippen molar-refractivity contribution in [3.63, 3.8) is 0 Å². The van der Waals surface area contributed by atoms with Crippen LogP contribution in [0.5, 0.6) is 0 Å². The van der Waals surface area contributed by atoms with Crippen molar-refractivity contribution in [2.45, 2.75) is 26.5 Å². The topological polar surface area (TPSA) is 36.9 Å². The minimum Gasteiger partial charge on any atom is -0.376 e. The maximum atomic E-state index is 5.93. The molecule has 2 aromatic rings. The number of ether oxygens (including phenoxy) is 1. The highest BCUT2D eigenvalue weighted by molar-refractivity contribution is 7.09. The zero-order valence-electron chi connectivity index (χ0n) is 14.9. The third kappa shape index (κ3) is 5.58. The summed E-state index contributed by atoms with van der Waals surface area (Å²) in [7, 11) is 0. The van der Waals surface area contributed by atoms with E-state index in [0.29, 0.717) is 12.5 Å². The summed E-state index contributed by atoms with van der Waals surface area (Å²) in [5.74, 6) is 1.61. The van der Waals surface area contributed by atoms with Crippen molar-refractivity contribution < 1.29 is 4.74 Å². The fourth-order valence-corrected chi connectivity index (χ4v) is 3.69. The molecule has 0 amide bonds. The third-order valence-corrected chi connectivity index (χ3v) is 5.21. The van der Waals surface area contributed by atoms with Gasteiger partial charge in [-0.2, -0.15) is 0 Å². The molecule has 0 spiro atoms. The summed E-state index contributed by atoms with van der Waals surface area (Å²) >= 11 is 1.76. The van der Waals surface area contributed by atoms with E-state index in [-0.39, 0.29) is 0 Å². The van der Waals surface area contributed by atoms with E-state index in [1.165, 1.54) is 10.4 Å². The molecule has 3 rings (SSSR count). The molecule has 4 nitrogen and oxygen atoms in total. The molecule has 0 saturated carbocycles. The predicted octanol–water partition coefficient (Wildman–Crippen LogP) is 3.75. The van der Waals surface area contributed by atoms with Gasteiger partial charge in [0.2, 0.25) is 0 Å². The molecule has 25 heavy (non-hydrogen) atoms. The predicted molar refractivity (Wildman–Crippen MR) is 105 cm³/mol. The molecule has 1 N–H and O–H groups in total. The number of likely N-dealkylation sites (tertiary alicyclic amines) is 1. The molecule has 0 aliphatic carbocycles. The Labute approximate surface area is 154 Å². The van der Waals surface area contributed by atoms with Crippen molar-refractivity contribution in [3.05, 3.63) is 58.3 Å². The number of nitrogens with one attached hydrogen (secondary N) is 1. The van der Waals surface area contributed by atoms with E-state index < -0.39 is 0 Å². The molecule has 1 atom stereocenters. The normalized spacial score (nSPS) is 17.9. The molecule has 1 aromatic heterocycles. The Hall–Kier alpha value is -1.85. The molecule has 1 aliphatic heterocycles. The molecule has 1 unspecified atom stereocenters. The van der Waals surface area contributed by atoms with Crippen molar-refractivity contribution in [3.8, 4) is 0 Å². The van der Waals surface area contributed by atoms with E-state index in [2.05, 4.69) is 58.9 Å². The number of benzene rings is 1. The molecule has 0 bridgehead atoms. The van der Waals surface area contributed by atoms with E-state index in [4.69, 9.17) is 9.73 Å². The van der Waals surface area contributed by atoms with E-state index in [0.717, 1.165) is 45.2 Å². The minimum atomic E-state index is 0.578. The van der Waals surface area contributed by atoms with Crippen LogP contribution < -0.4 is 5.32 Å². The Balaban J connectivity index is 1.46. The van der Waals surface area contributed by atoms with E-state index in [1.54, 1.807) is 11.3 Å². The monoisotopic (exact) mass is 357 g/mol. The highest BCUT2D eigenvalue weighted by atomic mass is 32.1. The van der Waals surface area contributed by atoms with Gasteiger partial charge in [-0.1, -0.05) is 36.4 Å². The van der Waals surface area contributed by atoms with Gasteiger partial charge in [-0.15, -0.1) is 11.3 Å². The lowest BCUT2D eigenvalue weighted by Gasteiger charge is -2.21. The average molecular weight is 358 g/mol. The number of hydrogen-bond donors (Lipinski definition) is 1. The molecule has 2 heterocycles. The molecule has 5 heteroatoms. The summed E-state index contributed by atoms with van der Waals surface area (Å²) in [6.45, 7) is 7.36. The zero-order chi connectivity index (χ0) is 17.3. The van der Waals surface area contributed by atoms with Crippen LogP contribution in [0.2, 0.25) is 0 Å². The van der Waals surface area contributed by atoms with Crippen LogP contribution >= 0.6 is 11.3 Å². The van der Waals surface area contributed by atoms with Gasteiger partial charge in [-0.3, -0.25) is 0 Å². The number of nitrogens with zero attached hydrogens (tertiary/aromatic N) is 2. The van der Waals surface area contributed by atoms with Crippen LogP contribution in [0.25, 0.3) is 0 Å². The van der Waals surface area contributed by atoms with Crippen molar-refractivity contribution >= 4 is 17.3 Å². The number of rotatable bonds is 7.